The van der Waals surface area contributed by atoms with Gasteiger partial charge < -0.3 is 10.2 Å². The van der Waals surface area contributed by atoms with Crippen LogP contribution in [0, 0.1) is 12.8 Å². The molecule has 2 amide bonds. The van der Waals surface area contributed by atoms with Crippen LogP contribution >= 0.6 is 11.3 Å². The second-order valence-corrected chi connectivity index (χ2v) is 7.94. The van der Waals surface area contributed by atoms with E-state index in [1.165, 1.54) is 16.9 Å². The molecule has 2 heterocycles. The van der Waals surface area contributed by atoms with Crippen LogP contribution in [0.15, 0.2) is 48.5 Å². The summed E-state index contributed by atoms with van der Waals surface area (Å²) >= 11 is 1.50. The first-order valence-electron chi connectivity index (χ1n) is 9.12. The number of aryl methyl sites for hydroxylation is 1. The average molecular weight is 379 g/mol. The molecule has 1 aromatic heterocycles. The van der Waals surface area contributed by atoms with Gasteiger partial charge in [-0.3, -0.25) is 9.59 Å². The Hall–Kier alpha value is -2.73. The Morgan fingerprint density at radius 1 is 1.11 bits per heavy atom. The maximum Gasteiger partial charge on any atom is 0.253 e. The van der Waals surface area contributed by atoms with Crippen molar-refractivity contribution in [2.45, 2.75) is 19.8 Å². The van der Waals surface area contributed by atoms with Gasteiger partial charge in [-0.05, 0) is 49.6 Å². The number of hydrogen-bond acceptors (Lipinski definition) is 4. The van der Waals surface area contributed by atoms with Gasteiger partial charge in [-0.1, -0.05) is 35.6 Å². The largest absolute Gasteiger partial charge is 0.339 e. The van der Waals surface area contributed by atoms with Gasteiger partial charge >= 0.3 is 0 Å². The number of anilines is 1. The summed E-state index contributed by atoms with van der Waals surface area (Å²) in [7, 11) is 0. The number of amides is 2. The van der Waals surface area contributed by atoms with Gasteiger partial charge in [0.05, 0.1) is 10.2 Å². The first-order chi connectivity index (χ1) is 13.1. The Balaban J connectivity index is 1.36. The van der Waals surface area contributed by atoms with Gasteiger partial charge in [0.25, 0.3) is 5.91 Å². The number of hydrogen-bond donors (Lipinski definition) is 1. The first kappa shape index (κ1) is 17.7. The number of rotatable bonds is 3. The van der Waals surface area contributed by atoms with Crippen LogP contribution in [0.1, 0.15) is 28.8 Å². The zero-order valence-electron chi connectivity index (χ0n) is 15.1. The molecule has 4 rings (SSSR count). The lowest BCUT2D eigenvalue weighted by Gasteiger charge is -2.31. The number of carbonyl (C=O) groups is 2. The van der Waals surface area contributed by atoms with Crippen LogP contribution in [-0.4, -0.2) is 34.8 Å². The first-order valence-corrected chi connectivity index (χ1v) is 9.94. The molecule has 1 N–H and O–H groups in total. The van der Waals surface area contributed by atoms with E-state index < -0.39 is 0 Å². The highest BCUT2D eigenvalue weighted by Gasteiger charge is 2.28. The highest BCUT2D eigenvalue weighted by Crippen LogP contribution is 2.28. The number of nitrogens with zero attached hydrogens (tertiary/aromatic N) is 2. The van der Waals surface area contributed by atoms with Gasteiger partial charge in [-0.15, -0.1) is 0 Å². The van der Waals surface area contributed by atoms with E-state index in [-0.39, 0.29) is 17.7 Å². The van der Waals surface area contributed by atoms with Gasteiger partial charge in [0.15, 0.2) is 5.13 Å². The van der Waals surface area contributed by atoms with Crippen LogP contribution < -0.4 is 5.32 Å². The predicted octanol–water partition coefficient (Wildman–Crippen LogP) is 4.10. The number of benzene rings is 2. The van der Waals surface area contributed by atoms with E-state index >= 15 is 0 Å². The van der Waals surface area contributed by atoms with Crippen molar-refractivity contribution in [2.24, 2.45) is 5.92 Å². The quantitative estimate of drug-likeness (QED) is 0.745. The molecule has 1 fully saturated rings. The predicted molar refractivity (Wildman–Crippen MR) is 108 cm³/mol. The molecule has 0 radical (unpaired) electrons. The smallest absolute Gasteiger partial charge is 0.253 e. The summed E-state index contributed by atoms with van der Waals surface area (Å²) in [4.78, 5) is 31.4. The summed E-state index contributed by atoms with van der Waals surface area (Å²) in [6, 6.07) is 15.4. The summed E-state index contributed by atoms with van der Waals surface area (Å²) in [5.41, 5.74) is 2.79. The van der Waals surface area contributed by atoms with E-state index in [2.05, 4.69) is 16.4 Å². The van der Waals surface area contributed by atoms with Crippen molar-refractivity contribution >= 4 is 38.5 Å². The van der Waals surface area contributed by atoms with Gasteiger partial charge in [0.1, 0.15) is 0 Å². The lowest BCUT2D eigenvalue weighted by molar-refractivity contribution is -0.121. The summed E-state index contributed by atoms with van der Waals surface area (Å²) < 4.78 is 1.08. The highest BCUT2D eigenvalue weighted by molar-refractivity contribution is 7.22. The molecule has 6 heteroatoms. The third kappa shape index (κ3) is 3.85. The van der Waals surface area contributed by atoms with Crippen molar-refractivity contribution in [1.82, 2.24) is 9.88 Å². The van der Waals surface area contributed by atoms with E-state index in [1.54, 1.807) is 0 Å². The lowest BCUT2D eigenvalue weighted by Crippen LogP contribution is -2.41. The fraction of sp³-hybridized carbons (Fsp3) is 0.286. The average Bonchev–Trinajstić information content (AvgIpc) is 3.09. The van der Waals surface area contributed by atoms with Crippen molar-refractivity contribution in [3.63, 3.8) is 0 Å². The van der Waals surface area contributed by atoms with E-state index in [9.17, 15) is 9.59 Å². The Kier molecular flexibility index (Phi) is 4.90. The molecule has 27 heavy (non-hydrogen) atoms. The zero-order chi connectivity index (χ0) is 18.8. The molecule has 5 nitrogen and oxygen atoms in total. The zero-order valence-corrected chi connectivity index (χ0v) is 16.0. The molecule has 0 saturated carbocycles. The maximum atomic E-state index is 12.6. The van der Waals surface area contributed by atoms with Crippen molar-refractivity contribution < 1.29 is 9.59 Å². The number of fused-ring (bicyclic) bond motifs is 1. The molecule has 0 unspecified atom stereocenters. The summed E-state index contributed by atoms with van der Waals surface area (Å²) in [5, 5.41) is 3.60. The van der Waals surface area contributed by atoms with Gasteiger partial charge in [-0.2, -0.15) is 0 Å². The maximum absolute atomic E-state index is 12.6. The van der Waals surface area contributed by atoms with Crippen molar-refractivity contribution in [3.05, 3.63) is 59.7 Å². The summed E-state index contributed by atoms with van der Waals surface area (Å²) in [6.45, 7) is 3.25. The fourth-order valence-electron chi connectivity index (χ4n) is 3.40. The monoisotopic (exact) mass is 379 g/mol. The molecular weight excluding hydrogens is 358 g/mol. The standard InChI is InChI=1S/C21H21N3O2S/c1-14-7-8-17-18(13-14)27-21(22-17)23-19(25)15-9-11-24(12-10-15)20(26)16-5-3-2-4-6-16/h2-8,13,15H,9-12H2,1H3,(H,22,23,25). The minimum Gasteiger partial charge on any atom is -0.339 e. The molecule has 138 valence electrons. The third-order valence-electron chi connectivity index (χ3n) is 4.95. The number of piperidine rings is 1. The Bertz CT molecular complexity index is 976. The minimum absolute atomic E-state index is 0.00223. The molecule has 3 aromatic rings. The van der Waals surface area contributed by atoms with Crippen LogP contribution in [0.2, 0.25) is 0 Å². The Morgan fingerprint density at radius 3 is 2.59 bits per heavy atom. The highest BCUT2D eigenvalue weighted by atomic mass is 32.1. The third-order valence-corrected chi connectivity index (χ3v) is 5.88. The number of aromatic nitrogens is 1. The van der Waals surface area contributed by atoms with Crippen molar-refractivity contribution in [1.29, 1.82) is 0 Å². The normalized spacial score (nSPS) is 15.1. The van der Waals surface area contributed by atoms with Crippen LogP contribution in [0.4, 0.5) is 5.13 Å². The van der Waals surface area contributed by atoms with E-state index in [4.69, 9.17) is 0 Å². The SMILES string of the molecule is Cc1ccc2nc(NC(=O)C3CCN(C(=O)c4ccccc4)CC3)sc2c1. The van der Waals surface area contributed by atoms with E-state index in [1.807, 2.05) is 54.3 Å². The lowest BCUT2D eigenvalue weighted by atomic mass is 9.95. The number of thiazole rings is 1. The Labute approximate surface area is 162 Å². The van der Waals surface area contributed by atoms with E-state index in [0.29, 0.717) is 36.6 Å². The second kappa shape index (κ2) is 7.48. The molecule has 0 bridgehead atoms. The molecule has 1 aliphatic heterocycles. The van der Waals surface area contributed by atoms with Gasteiger partial charge in [-0.25, -0.2) is 4.98 Å². The topological polar surface area (TPSA) is 62.3 Å². The van der Waals surface area contributed by atoms with Crippen LogP contribution in [0.5, 0.6) is 0 Å². The minimum atomic E-state index is -0.0847. The van der Waals surface area contributed by atoms with Crippen molar-refractivity contribution in [3.8, 4) is 0 Å². The number of likely N-dealkylation sites (tertiary alicyclic amines) is 1. The number of carbonyl (C=O) groups excluding carboxylic acids is 2. The fourth-order valence-corrected chi connectivity index (χ4v) is 4.37. The van der Waals surface area contributed by atoms with Crippen molar-refractivity contribution in [2.75, 3.05) is 18.4 Å². The molecule has 0 aliphatic carbocycles. The van der Waals surface area contributed by atoms with Gasteiger partial charge in [0.2, 0.25) is 5.91 Å². The molecule has 0 spiro atoms. The van der Waals surface area contributed by atoms with Crippen LogP contribution in [-0.2, 0) is 4.79 Å². The molecule has 0 atom stereocenters. The summed E-state index contributed by atoms with van der Waals surface area (Å²) in [6.07, 6.45) is 1.35. The van der Waals surface area contributed by atoms with Crippen LogP contribution in [0.3, 0.4) is 0 Å². The Morgan fingerprint density at radius 2 is 1.85 bits per heavy atom. The van der Waals surface area contributed by atoms with E-state index in [0.717, 1.165) is 10.2 Å². The molecule has 2 aromatic carbocycles. The number of nitrogens with one attached hydrogen (secondary N) is 1. The summed E-state index contributed by atoms with van der Waals surface area (Å²) in [5.74, 6) is -0.0489. The van der Waals surface area contributed by atoms with Gasteiger partial charge in [0, 0.05) is 24.6 Å². The molecule has 1 saturated heterocycles. The molecule has 1 aliphatic rings. The van der Waals surface area contributed by atoms with Crippen LogP contribution in [0.25, 0.3) is 10.2 Å². The molecular formula is C21H21N3O2S. The second-order valence-electron chi connectivity index (χ2n) is 6.91.